The second kappa shape index (κ2) is 20.2. The third-order valence-corrected chi connectivity index (χ3v) is 9.90. The molecule has 1 atom stereocenters. The zero-order valence-electron chi connectivity index (χ0n) is 36.4. The molecule has 1 unspecified atom stereocenters. The summed E-state index contributed by atoms with van der Waals surface area (Å²) in [5.74, 6) is -4.13. The van der Waals surface area contributed by atoms with Crippen molar-refractivity contribution in [1.82, 2.24) is 35.3 Å². The number of rotatable bonds is 18. The Bertz CT molecular complexity index is 2740. The lowest BCUT2D eigenvalue weighted by Gasteiger charge is -2.27. The van der Waals surface area contributed by atoms with Gasteiger partial charge in [-0.05, 0) is 75.7 Å². The number of pyridine rings is 1. The number of carbonyl (C=O) groups is 8. The van der Waals surface area contributed by atoms with E-state index in [1.165, 1.54) is 29.2 Å². The molecule has 8 amide bonds. The summed E-state index contributed by atoms with van der Waals surface area (Å²) < 4.78 is 23.2. The van der Waals surface area contributed by atoms with Crippen LogP contribution >= 0.6 is 0 Å². The van der Waals surface area contributed by atoms with Crippen LogP contribution in [0.15, 0.2) is 77.7 Å². The molecule has 3 aromatic heterocycles. The Labute approximate surface area is 381 Å². The third-order valence-electron chi connectivity index (χ3n) is 9.90. The maximum atomic E-state index is 13.3. The summed E-state index contributed by atoms with van der Waals surface area (Å²) in [7, 11) is 0. The van der Waals surface area contributed by atoms with Crippen LogP contribution < -0.4 is 32.3 Å². The number of imide groups is 2. The van der Waals surface area contributed by atoms with Gasteiger partial charge in [-0.2, -0.15) is 5.10 Å². The van der Waals surface area contributed by atoms with E-state index >= 15 is 0 Å². The second-order valence-electron chi connectivity index (χ2n) is 15.9. The summed E-state index contributed by atoms with van der Waals surface area (Å²) in [5.41, 5.74) is 6.40. The molecule has 0 bridgehead atoms. The standard InChI is InChI=1S/C44H45N11O12/c1-44(2,3)67-43(63)51-32-21-25(13-14-47-32)40-50-30(23-66-40)38(59)49-29-22-54(53-35(29)36(45)57)26-9-7-24(8-10-26)37(58)48-16-18-65-20-19-64-17-15-46-28-6-4-5-27-34(28)42(62)55(41(27)61)31-11-12-33(56)52-39(31)60/h4-10,13-14,21-23,31,46H,11-12,15-20H2,1-3H3,(H2,45,57)(H,48,58)(H,49,59)(H,47,51,63)(H,52,56,60). The van der Waals surface area contributed by atoms with Crippen LogP contribution in [-0.2, 0) is 23.8 Å². The number of nitrogens with zero attached hydrogens (tertiary/aromatic N) is 5. The number of piperidine rings is 1. The molecule has 1 saturated heterocycles. The van der Waals surface area contributed by atoms with Crippen molar-refractivity contribution in [3.63, 3.8) is 0 Å². The van der Waals surface area contributed by atoms with Gasteiger partial charge in [-0.25, -0.2) is 19.4 Å². The van der Waals surface area contributed by atoms with Crippen LogP contribution in [0.25, 0.3) is 17.1 Å². The molecule has 7 rings (SSSR count). The minimum Gasteiger partial charge on any atom is -0.444 e. The highest BCUT2D eigenvalue weighted by molar-refractivity contribution is 6.25. The molecule has 2 aromatic carbocycles. The lowest BCUT2D eigenvalue weighted by atomic mass is 10.0. The highest BCUT2D eigenvalue weighted by atomic mass is 16.6. The molecule has 5 aromatic rings. The molecule has 0 radical (unpaired) electrons. The Hall–Kier alpha value is -8.31. The van der Waals surface area contributed by atoms with Crippen LogP contribution in [0.2, 0.25) is 0 Å². The van der Waals surface area contributed by atoms with Crippen LogP contribution in [-0.4, -0.2) is 123 Å². The fraction of sp³-hybridized carbons (Fsp3) is 0.295. The number of nitrogens with one attached hydrogen (secondary N) is 5. The van der Waals surface area contributed by atoms with Crippen molar-refractivity contribution in [1.29, 1.82) is 0 Å². The Kier molecular flexibility index (Phi) is 14.1. The summed E-state index contributed by atoms with van der Waals surface area (Å²) >= 11 is 0. The lowest BCUT2D eigenvalue weighted by Crippen LogP contribution is -2.54. The first kappa shape index (κ1) is 46.7. The van der Waals surface area contributed by atoms with Crippen molar-refractivity contribution < 1.29 is 57.0 Å². The molecule has 2 aliphatic heterocycles. The van der Waals surface area contributed by atoms with Crippen molar-refractivity contribution in [2.45, 2.75) is 45.3 Å². The fourth-order valence-corrected chi connectivity index (χ4v) is 6.86. The van der Waals surface area contributed by atoms with E-state index in [0.29, 0.717) is 29.0 Å². The monoisotopic (exact) mass is 919 g/mol. The predicted octanol–water partition coefficient (Wildman–Crippen LogP) is 2.90. The van der Waals surface area contributed by atoms with E-state index in [4.69, 9.17) is 24.4 Å². The van der Waals surface area contributed by atoms with E-state index in [2.05, 4.69) is 41.7 Å². The zero-order valence-corrected chi connectivity index (χ0v) is 36.4. The van der Waals surface area contributed by atoms with Crippen molar-refractivity contribution >= 4 is 64.6 Å². The van der Waals surface area contributed by atoms with Gasteiger partial charge < -0.3 is 40.3 Å². The number of ether oxygens (including phenoxy) is 3. The lowest BCUT2D eigenvalue weighted by molar-refractivity contribution is -0.136. The number of amides is 8. The summed E-state index contributed by atoms with van der Waals surface area (Å²) in [6, 6.07) is 13.1. The Morgan fingerprint density at radius 2 is 1.64 bits per heavy atom. The van der Waals surface area contributed by atoms with Gasteiger partial charge in [0.15, 0.2) is 11.4 Å². The van der Waals surface area contributed by atoms with Crippen LogP contribution in [0.3, 0.4) is 0 Å². The normalized spacial score (nSPS) is 14.6. The largest absolute Gasteiger partial charge is 0.444 e. The topological polar surface area (TPSA) is 310 Å². The summed E-state index contributed by atoms with van der Waals surface area (Å²) in [6.45, 7) is 6.60. The van der Waals surface area contributed by atoms with Crippen molar-refractivity contribution in [2.24, 2.45) is 5.73 Å². The molecule has 67 heavy (non-hydrogen) atoms. The predicted molar refractivity (Wildman–Crippen MR) is 235 cm³/mol. The van der Waals surface area contributed by atoms with Gasteiger partial charge in [0.1, 0.15) is 23.7 Å². The highest BCUT2D eigenvalue weighted by Crippen LogP contribution is 2.32. The van der Waals surface area contributed by atoms with Gasteiger partial charge in [0, 0.05) is 42.5 Å². The number of primary amides is 1. The quantitative estimate of drug-likeness (QED) is 0.0544. The SMILES string of the molecule is CC(C)(C)OC(=O)Nc1cc(-c2nc(C(=O)Nc3cn(-c4ccc(C(=O)NCCOCCOCCNc5cccc6c5C(=O)N(C5CCC(=O)NC5=O)C6=O)cc4)nc3C(N)=O)co2)ccn1. The van der Waals surface area contributed by atoms with Gasteiger partial charge in [0.25, 0.3) is 29.5 Å². The molecule has 7 N–H and O–H groups in total. The van der Waals surface area contributed by atoms with Gasteiger partial charge in [-0.1, -0.05) is 6.07 Å². The highest BCUT2D eigenvalue weighted by Gasteiger charge is 2.45. The molecule has 2 aliphatic rings. The first-order valence-corrected chi connectivity index (χ1v) is 20.8. The summed E-state index contributed by atoms with van der Waals surface area (Å²) in [6.07, 6.45) is 3.29. The van der Waals surface area contributed by atoms with E-state index in [1.807, 2.05) is 0 Å². The molecule has 0 aliphatic carbocycles. The van der Waals surface area contributed by atoms with E-state index in [0.717, 1.165) is 11.2 Å². The zero-order chi connectivity index (χ0) is 47.8. The van der Waals surface area contributed by atoms with Gasteiger partial charge in [-0.15, -0.1) is 0 Å². The van der Waals surface area contributed by atoms with Crippen LogP contribution in [0.5, 0.6) is 0 Å². The number of carbonyl (C=O) groups excluding carboxylic acids is 8. The molecular weight excluding hydrogens is 875 g/mol. The molecule has 5 heterocycles. The molecule has 0 saturated carbocycles. The minimum absolute atomic E-state index is 0.00761. The molecule has 23 heteroatoms. The van der Waals surface area contributed by atoms with Gasteiger partial charge in [-0.3, -0.25) is 49.1 Å². The number of fused-ring (bicyclic) bond motifs is 1. The molecule has 23 nitrogen and oxygen atoms in total. The van der Waals surface area contributed by atoms with Crippen LogP contribution in [0.1, 0.15) is 85.7 Å². The van der Waals surface area contributed by atoms with Gasteiger partial charge >= 0.3 is 6.09 Å². The molecular formula is C44H45N11O12. The number of oxazole rings is 1. The molecule has 0 spiro atoms. The van der Waals surface area contributed by atoms with Crippen LogP contribution in [0, 0.1) is 0 Å². The molecule has 1 fully saturated rings. The fourth-order valence-electron chi connectivity index (χ4n) is 6.86. The summed E-state index contributed by atoms with van der Waals surface area (Å²) in [5, 5.41) is 17.4. The van der Waals surface area contributed by atoms with E-state index < -0.39 is 53.2 Å². The Morgan fingerprint density at radius 3 is 2.36 bits per heavy atom. The first-order chi connectivity index (χ1) is 32.1. The second-order valence-corrected chi connectivity index (χ2v) is 15.9. The smallest absolute Gasteiger partial charge is 0.413 e. The van der Waals surface area contributed by atoms with E-state index in [-0.39, 0.29) is 91.6 Å². The Morgan fingerprint density at radius 1 is 0.896 bits per heavy atom. The third kappa shape index (κ3) is 11.3. The first-order valence-electron chi connectivity index (χ1n) is 20.8. The summed E-state index contributed by atoms with van der Waals surface area (Å²) in [4.78, 5) is 110. The van der Waals surface area contributed by atoms with E-state index in [9.17, 15) is 38.4 Å². The average molecular weight is 920 g/mol. The van der Waals surface area contributed by atoms with Crippen LogP contribution in [0.4, 0.5) is 22.0 Å². The van der Waals surface area contributed by atoms with Crippen molar-refractivity contribution in [3.05, 3.63) is 101 Å². The van der Waals surface area contributed by atoms with Crippen molar-refractivity contribution in [3.8, 4) is 17.1 Å². The average Bonchev–Trinajstić information content (AvgIpc) is 4.01. The van der Waals surface area contributed by atoms with Crippen molar-refractivity contribution in [2.75, 3.05) is 55.5 Å². The van der Waals surface area contributed by atoms with Gasteiger partial charge in [0.2, 0.25) is 17.7 Å². The number of anilines is 3. The van der Waals surface area contributed by atoms with Gasteiger partial charge in [0.05, 0.1) is 55.1 Å². The number of hydrogen-bond acceptors (Lipinski definition) is 16. The maximum Gasteiger partial charge on any atom is 0.413 e. The van der Waals surface area contributed by atoms with E-state index in [1.54, 1.807) is 63.2 Å². The number of nitrogens with two attached hydrogens (primary N) is 1. The number of aromatic nitrogens is 4. The number of hydrogen-bond donors (Lipinski definition) is 6. The number of benzene rings is 2. The Balaban J connectivity index is 0.822. The maximum absolute atomic E-state index is 13.3. The molecule has 348 valence electrons. The minimum atomic E-state index is -1.06.